The summed E-state index contributed by atoms with van der Waals surface area (Å²) in [4.78, 5) is 0. The summed E-state index contributed by atoms with van der Waals surface area (Å²) in [5.74, 6) is 0. The second-order valence-electron chi connectivity index (χ2n) is 7.77. The van der Waals surface area contributed by atoms with Gasteiger partial charge in [0, 0.05) is 0 Å². The number of benzene rings is 4. The van der Waals surface area contributed by atoms with Gasteiger partial charge in [0.25, 0.3) is 0 Å². The van der Waals surface area contributed by atoms with E-state index in [9.17, 15) is 0 Å². The number of hydrogen-bond donors (Lipinski definition) is 0. The highest BCUT2D eigenvalue weighted by Crippen LogP contribution is 2.13. The first-order valence-corrected chi connectivity index (χ1v) is 10.9. The van der Waals surface area contributed by atoms with Gasteiger partial charge in [-0.1, -0.05) is 121 Å². The van der Waals surface area contributed by atoms with Crippen molar-refractivity contribution in [1.82, 2.24) is 0 Å². The molecule has 2 heteroatoms. The molecule has 0 heterocycles. The molecular weight excluding hydrogens is 392 g/mol. The highest BCUT2D eigenvalue weighted by molar-refractivity contribution is 5.69. The Kier molecular flexibility index (Phi) is 8.03. The smallest absolute Gasteiger partial charge is 0.0721 e. The lowest BCUT2D eigenvalue weighted by atomic mass is 10.1. The van der Waals surface area contributed by atoms with Crippen molar-refractivity contribution in [2.45, 2.75) is 26.4 Å². The Balaban J connectivity index is 1.22. The maximum absolute atomic E-state index is 5.81. The predicted molar refractivity (Wildman–Crippen MR) is 132 cm³/mol. The van der Waals surface area contributed by atoms with Crippen LogP contribution in [-0.2, 0) is 35.9 Å². The molecule has 0 aliphatic heterocycles. The number of ether oxygens (including phenoxy) is 2. The van der Waals surface area contributed by atoms with Crippen molar-refractivity contribution >= 4 is 12.2 Å². The van der Waals surface area contributed by atoms with Gasteiger partial charge in [-0.25, -0.2) is 0 Å². The first-order chi connectivity index (χ1) is 15.8. The molecule has 0 spiro atoms. The molecule has 32 heavy (non-hydrogen) atoms. The summed E-state index contributed by atoms with van der Waals surface area (Å²) in [5, 5.41) is 0. The van der Waals surface area contributed by atoms with Crippen molar-refractivity contribution in [3.8, 4) is 0 Å². The molecule has 0 N–H and O–H groups in total. The molecule has 0 amide bonds. The minimum atomic E-state index is 0.618. The summed E-state index contributed by atoms with van der Waals surface area (Å²) in [6.07, 6.45) is 4.27. The summed E-state index contributed by atoms with van der Waals surface area (Å²) in [5.41, 5.74) is 7.09. The lowest BCUT2D eigenvalue weighted by Gasteiger charge is -2.05. The monoisotopic (exact) mass is 420 g/mol. The minimum Gasteiger partial charge on any atom is -0.372 e. The van der Waals surface area contributed by atoms with Gasteiger partial charge in [-0.15, -0.1) is 0 Å². The standard InChI is InChI=1S/C30H28O2/c1-3-7-27(8-4-1)21-31-23-29-17-13-25(14-18-29)11-12-26-15-19-30(20-16-26)24-32-22-28-9-5-2-6-10-28/h1-20H,21-24H2/b12-11+. The van der Waals surface area contributed by atoms with E-state index in [1.165, 1.54) is 33.4 Å². The van der Waals surface area contributed by atoms with Crippen LogP contribution in [0.1, 0.15) is 33.4 Å². The van der Waals surface area contributed by atoms with Gasteiger partial charge >= 0.3 is 0 Å². The average Bonchev–Trinajstić information content (AvgIpc) is 2.86. The summed E-state index contributed by atoms with van der Waals surface area (Å²) in [6, 6.07) is 37.5. The van der Waals surface area contributed by atoms with Crippen molar-refractivity contribution in [1.29, 1.82) is 0 Å². The quantitative estimate of drug-likeness (QED) is 0.251. The summed E-state index contributed by atoms with van der Waals surface area (Å²) in [7, 11) is 0. The van der Waals surface area contributed by atoms with E-state index in [0.29, 0.717) is 26.4 Å². The molecule has 0 aromatic heterocycles. The molecule has 0 aliphatic rings. The van der Waals surface area contributed by atoms with Gasteiger partial charge in [-0.3, -0.25) is 0 Å². The largest absolute Gasteiger partial charge is 0.372 e. The molecule has 2 nitrogen and oxygen atoms in total. The SMILES string of the molecule is C(=C\c1ccc(COCc2ccccc2)cc1)/c1ccc(COCc2ccccc2)cc1. The van der Waals surface area contributed by atoms with E-state index < -0.39 is 0 Å². The maximum atomic E-state index is 5.81. The molecule has 4 aromatic carbocycles. The van der Waals surface area contributed by atoms with E-state index in [4.69, 9.17) is 9.47 Å². The zero-order valence-electron chi connectivity index (χ0n) is 18.2. The summed E-state index contributed by atoms with van der Waals surface area (Å²) < 4.78 is 11.6. The average molecular weight is 421 g/mol. The first-order valence-electron chi connectivity index (χ1n) is 10.9. The first kappa shape index (κ1) is 21.8. The van der Waals surface area contributed by atoms with Crippen LogP contribution in [0.5, 0.6) is 0 Å². The van der Waals surface area contributed by atoms with Gasteiger partial charge in [-0.05, 0) is 33.4 Å². The van der Waals surface area contributed by atoms with Gasteiger partial charge < -0.3 is 9.47 Å². The van der Waals surface area contributed by atoms with Crippen molar-refractivity contribution in [3.63, 3.8) is 0 Å². The Morgan fingerprint density at radius 1 is 0.375 bits per heavy atom. The van der Waals surface area contributed by atoms with E-state index in [2.05, 4.69) is 84.9 Å². The van der Waals surface area contributed by atoms with Crippen LogP contribution < -0.4 is 0 Å². The van der Waals surface area contributed by atoms with Crippen LogP contribution in [-0.4, -0.2) is 0 Å². The van der Waals surface area contributed by atoms with Gasteiger partial charge in [0.2, 0.25) is 0 Å². The van der Waals surface area contributed by atoms with E-state index >= 15 is 0 Å². The molecule has 0 unspecified atom stereocenters. The minimum absolute atomic E-state index is 0.618. The number of rotatable bonds is 10. The van der Waals surface area contributed by atoms with Gasteiger partial charge in [-0.2, -0.15) is 0 Å². The van der Waals surface area contributed by atoms with Crippen LogP contribution in [0, 0.1) is 0 Å². The Morgan fingerprint density at radius 3 is 1.03 bits per heavy atom. The molecule has 0 saturated carbocycles. The highest BCUT2D eigenvalue weighted by atomic mass is 16.5. The normalized spacial score (nSPS) is 11.1. The number of hydrogen-bond acceptors (Lipinski definition) is 2. The fourth-order valence-corrected chi connectivity index (χ4v) is 3.36. The zero-order chi connectivity index (χ0) is 21.8. The van der Waals surface area contributed by atoms with Crippen molar-refractivity contribution in [3.05, 3.63) is 143 Å². The molecule has 4 aromatic rings. The second-order valence-corrected chi connectivity index (χ2v) is 7.77. The molecule has 0 atom stereocenters. The van der Waals surface area contributed by atoms with Crippen molar-refractivity contribution in [2.24, 2.45) is 0 Å². The third kappa shape index (κ3) is 7.05. The Morgan fingerprint density at radius 2 is 0.688 bits per heavy atom. The third-order valence-electron chi connectivity index (χ3n) is 5.19. The lowest BCUT2D eigenvalue weighted by molar-refractivity contribution is 0.107. The molecular formula is C30H28O2. The Hall–Kier alpha value is -3.46. The molecule has 0 saturated heterocycles. The van der Waals surface area contributed by atoms with E-state index in [-0.39, 0.29) is 0 Å². The highest BCUT2D eigenvalue weighted by Gasteiger charge is 1.97. The van der Waals surface area contributed by atoms with Gasteiger partial charge in [0.05, 0.1) is 26.4 Å². The maximum Gasteiger partial charge on any atom is 0.0721 e. The summed E-state index contributed by atoms with van der Waals surface area (Å²) in [6.45, 7) is 2.50. The van der Waals surface area contributed by atoms with Crippen LogP contribution in [0.2, 0.25) is 0 Å². The molecule has 0 bridgehead atoms. The van der Waals surface area contributed by atoms with Crippen LogP contribution in [0.4, 0.5) is 0 Å². The van der Waals surface area contributed by atoms with Crippen molar-refractivity contribution < 1.29 is 9.47 Å². The molecule has 4 rings (SSSR count). The predicted octanol–water partition coefficient (Wildman–Crippen LogP) is 7.29. The molecule has 160 valence electrons. The van der Waals surface area contributed by atoms with Crippen LogP contribution >= 0.6 is 0 Å². The van der Waals surface area contributed by atoms with Crippen LogP contribution in [0.25, 0.3) is 12.2 Å². The fourth-order valence-electron chi connectivity index (χ4n) is 3.36. The molecule has 0 aliphatic carbocycles. The summed E-state index contributed by atoms with van der Waals surface area (Å²) >= 11 is 0. The molecule has 0 radical (unpaired) electrons. The third-order valence-corrected chi connectivity index (χ3v) is 5.19. The van der Waals surface area contributed by atoms with E-state index in [1.54, 1.807) is 0 Å². The Bertz CT molecular complexity index is 992. The lowest BCUT2D eigenvalue weighted by Crippen LogP contribution is -1.94. The van der Waals surface area contributed by atoms with Crippen LogP contribution in [0.15, 0.2) is 109 Å². The van der Waals surface area contributed by atoms with Gasteiger partial charge in [0.1, 0.15) is 0 Å². The second kappa shape index (κ2) is 11.8. The Labute approximate surface area is 190 Å². The topological polar surface area (TPSA) is 18.5 Å². The zero-order valence-corrected chi connectivity index (χ0v) is 18.2. The van der Waals surface area contributed by atoms with Crippen molar-refractivity contribution in [2.75, 3.05) is 0 Å². The van der Waals surface area contributed by atoms with E-state index in [1.807, 2.05) is 36.4 Å². The molecule has 0 fully saturated rings. The van der Waals surface area contributed by atoms with Crippen LogP contribution in [0.3, 0.4) is 0 Å². The van der Waals surface area contributed by atoms with Gasteiger partial charge in [0.15, 0.2) is 0 Å². The fraction of sp³-hybridized carbons (Fsp3) is 0.133. The van der Waals surface area contributed by atoms with E-state index in [0.717, 1.165) is 0 Å².